The lowest BCUT2D eigenvalue weighted by Crippen LogP contribution is -2.59. The van der Waals surface area contributed by atoms with Crippen molar-refractivity contribution in [1.29, 1.82) is 0 Å². The molecule has 0 aromatic heterocycles. The van der Waals surface area contributed by atoms with Gasteiger partial charge in [-0.25, -0.2) is 9.59 Å². The second-order valence-corrected chi connectivity index (χ2v) is 8.32. The Morgan fingerprint density at radius 1 is 1.03 bits per heavy atom. The van der Waals surface area contributed by atoms with Crippen molar-refractivity contribution in [2.75, 3.05) is 20.3 Å². The van der Waals surface area contributed by atoms with E-state index in [2.05, 4.69) is 24.3 Å². The van der Waals surface area contributed by atoms with Crippen molar-refractivity contribution in [1.82, 2.24) is 4.90 Å². The van der Waals surface area contributed by atoms with Crippen LogP contribution in [0, 0.1) is 0 Å². The molecule has 31 heavy (non-hydrogen) atoms. The molecule has 1 saturated carbocycles. The van der Waals surface area contributed by atoms with Crippen LogP contribution in [0.15, 0.2) is 48.5 Å². The third-order valence-electron chi connectivity index (χ3n) is 6.88. The molecule has 2 aromatic carbocycles. The number of nitrogens with zero attached hydrogens (tertiary/aromatic N) is 1. The van der Waals surface area contributed by atoms with Crippen LogP contribution in [0.2, 0.25) is 0 Å². The van der Waals surface area contributed by atoms with Crippen molar-refractivity contribution in [2.24, 2.45) is 0 Å². The molecular formula is C25H29NO5. The van der Waals surface area contributed by atoms with E-state index < -0.39 is 17.6 Å². The van der Waals surface area contributed by atoms with E-state index in [0.29, 0.717) is 25.7 Å². The summed E-state index contributed by atoms with van der Waals surface area (Å²) in [6.07, 6.45) is 1.40. The van der Waals surface area contributed by atoms with Crippen molar-refractivity contribution in [3.63, 3.8) is 0 Å². The molecule has 0 radical (unpaired) electrons. The van der Waals surface area contributed by atoms with Gasteiger partial charge in [0.1, 0.15) is 12.1 Å². The van der Waals surface area contributed by atoms with Crippen LogP contribution in [0.1, 0.15) is 49.7 Å². The number of amides is 1. The fraction of sp³-hybridized carbons (Fsp3) is 0.440. The average Bonchev–Trinajstić information content (AvgIpc) is 3.12. The summed E-state index contributed by atoms with van der Waals surface area (Å²) in [6, 6.07) is 16.3. The maximum absolute atomic E-state index is 13.1. The Bertz CT molecular complexity index is 918. The van der Waals surface area contributed by atoms with Gasteiger partial charge in [-0.3, -0.25) is 4.90 Å². The Balaban J connectivity index is 1.53. The molecule has 0 unspecified atom stereocenters. The first kappa shape index (κ1) is 21.4. The number of carbonyl (C=O) groups excluding carboxylic acids is 1. The van der Waals surface area contributed by atoms with Crippen LogP contribution in [0.25, 0.3) is 11.1 Å². The van der Waals surface area contributed by atoms with Gasteiger partial charge in [0.2, 0.25) is 0 Å². The summed E-state index contributed by atoms with van der Waals surface area (Å²) in [6.45, 7) is 2.26. The first-order chi connectivity index (χ1) is 15.0. The molecule has 1 amide bonds. The van der Waals surface area contributed by atoms with Crippen LogP contribution in [-0.2, 0) is 14.3 Å². The van der Waals surface area contributed by atoms with Crippen LogP contribution < -0.4 is 0 Å². The van der Waals surface area contributed by atoms with Gasteiger partial charge in [0.15, 0.2) is 0 Å². The quantitative estimate of drug-likeness (QED) is 0.731. The van der Waals surface area contributed by atoms with E-state index in [0.717, 1.165) is 22.3 Å². The molecule has 2 aromatic rings. The highest BCUT2D eigenvalue weighted by molar-refractivity contribution is 5.85. The summed E-state index contributed by atoms with van der Waals surface area (Å²) in [4.78, 5) is 26.8. The van der Waals surface area contributed by atoms with Gasteiger partial charge in [-0.2, -0.15) is 0 Å². The molecule has 1 fully saturated rings. The Morgan fingerprint density at radius 2 is 1.58 bits per heavy atom. The summed E-state index contributed by atoms with van der Waals surface area (Å²) in [5, 5.41) is 10.0. The van der Waals surface area contributed by atoms with Gasteiger partial charge in [-0.05, 0) is 54.9 Å². The van der Waals surface area contributed by atoms with Crippen LogP contribution >= 0.6 is 0 Å². The first-order valence-electron chi connectivity index (χ1n) is 10.9. The van der Waals surface area contributed by atoms with E-state index in [1.54, 1.807) is 14.0 Å². The number of aliphatic carboxylic acids is 1. The Labute approximate surface area is 182 Å². The second-order valence-electron chi connectivity index (χ2n) is 8.32. The third-order valence-corrected chi connectivity index (χ3v) is 6.88. The van der Waals surface area contributed by atoms with Gasteiger partial charge in [0, 0.05) is 19.6 Å². The average molecular weight is 424 g/mol. The molecule has 4 rings (SSSR count). The van der Waals surface area contributed by atoms with Crippen molar-refractivity contribution in [3.8, 4) is 11.1 Å². The Hall–Kier alpha value is -2.86. The predicted octanol–water partition coefficient (Wildman–Crippen LogP) is 4.67. The highest BCUT2D eigenvalue weighted by atomic mass is 16.6. The number of likely N-dealkylation sites (N-methyl/N-ethyl adjacent to an activating group) is 1. The summed E-state index contributed by atoms with van der Waals surface area (Å²) in [7, 11) is 1.64. The second kappa shape index (κ2) is 8.71. The van der Waals surface area contributed by atoms with E-state index in [-0.39, 0.29) is 25.2 Å². The molecule has 0 atom stereocenters. The number of ether oxygens (including phenoxy) is 2. The van der Waals surface area contributed by atoms with Crippen LogP contribution in [0.4, 0.5) is 4.79 Å². The van der Waals surface area contributed by atoms with E-state index in [1.807, 2.05) is 24.3 Å². The van der Waals surface area contributed by atoms with Crippen LogP contribution in [0.3, 0.4) is 0 Å². The molecular weight excluding hydrogens is 394 g/mol. The number of hydrogen-bond acceptors (Lipinski definition) is 4. The molecule has 6 nitrogen and oxygen atoms in total. The number of fused-ring (bicyclic) bond motifs is 3. The van der Waals surface area contributed by atoms with Crippen molar-refractivity contribution in [2.45, 2.75) is 50.2 Å². The lowest BCUT2D eigenvalue weighted by atomic mass is 9.79. The number of carboxylic acid groups (broad SMARTS) is 1. The maximum Gasteiger partial charge on any atom is 0.410 e. The fourth-order valence-electron chi connectivity index (χ4n) is 5.18. The number of carboxylic acids is 1. The van der Waals surface area contributed by atoms with Crippen LogP contribution in [0.5, 0.6) is 0 Å². The maximum atomic E-state index is 13.1. The topological polar surface area (TPSA) is 76.1 Å². The molecule has 0 bridgehead atoms. The fourth-order valence-corrected chi connectivity index (χ4v) is 5.18. The molecule has 0 spiro atoms. The van der Waals surface area contributed by atoms with Gasteiger partial charge < -0.3 is 14.6 Å². The van der Waals surface area contributed by atoms with Gasteiger partial charge >= 0.3 is 12.1 Å². The van der Waals surface area contributed by atoms with Gasteiger partial charge in [0.05, 0.1) is 6.10 Å². The summed E-state index contributed by atoms with van der Waals surface area (Å²) in [5.74, 6) is -1.03. The van der Waals surface area contributed by atoms with E-state index in [4.69, 9.17) is 9.47 Å². The number of methoxy groups -OCH3 is 1. The van der Waals surface area contributed by atoms with E-state index in [1.165, 1.54) is 4.90 Å². The number of benzene rings is 2. The SMILES string of the molecule is CCN(C(=O)OCC1c2ccccc2-c2ccccc21)C1(C(=O)O)CCC(OC)CC1. The molecule has 0 saturated heterocycles. The third kappa shape index (κ3) is 3.69. The van der Waals surface area contributed by atoms with E-state index in [9.17, 15) is 14.7 Å². The lowest BCUT2D eigenvalue weighted by Gasteiger charge is -2.43. The van der Waals surface area contributed by atoms with Gasteiger partial charge in [-0.15, -0.1) is 0 Å². The minimum atomic E-state index is -1.24. The first-order valence-corrected chi connectivity index (χ1v) is 10.9. The molecule has 6 heteroatoms. The zero-order valence-corrected chi connectivity index (χ0v) is 18.0. The Morgan fingerprint density at radius 3 is 2.06 bits per heavy atom. The van der Waals surface area contributed by atoms with E-state index >= 15 is 0 Å². The minimum absolute atomic E-state index is 0.0358. The summed E-state index contributed by atoms with van der Waals surface area (Å²) >= 11 is 0. The van der Waals surface area contributed by atoms with Gasteiger partial charge in [0.25, 0.3) is 0 Å². The number of hydrogen-bond donors (Lipinski definition) is 1. The molecule has 2 aliphatic carbocycles. The summed E-state index contributed by atoms with van der Waals surface area (Å²) in [5.41, 5.74) is 3.34. The van der Waals surface area contributed by atoms with Crippen molar-refractivity contribution in [3.05, 3.63) is 59.7 Å². The highest BCUT2D eigenvalue weighted by Crippen LogP contribution is 2.44. The van der Waals surface area contributed by atoms with Crippen molar-refractivity contribution >= 4 is 12.1 Å². The molecule has 1 N–H and O–H groups in total. The standard InChI is InChI=1S/C25H29NO5/c1-3-26(25(23(27)28)14-12-17(30-2)13-15-25)24(29)31-16-22-20-10-6-4-8-18(20)19-9-5-7-11-21(19)22/h4-11,17,22H,3,12-16H2,1-2H3,(H,27,28). The molecule has 2 aliphatic rings. The number of rotatable bonds is 6. The van der Waals surface area contributed by atoms with Crippen molar-refractivity contribution < 1.29 is 24.2 Å². The zero-order valence-electron chi connectivity index (χ0n) is 18.0. The minimum Gasteiger partial charge on any atom is -0.479 e. The molecule has 0 heterocycles. The monoisotopic (exact) mass is 423 g/mol. The predicted molar refractivity (Wildman–Crippen MR) is 117 cm³/mol. The molecule has 164 valence electrons. The number of carbonyl (C=O) groups is 2. The highest BCUT2D eigenvalue weighted by Gasteiger charge is 2.49. The largest absolute Gasteiger partial charge is 0.479 e. The normalized spacial score (nSPS) is 22.5. The smallest absolute Gasteiger partial charge is 0.410 e. The molecule has 0 aliphatic heterocycles. The summed E-state index contributed by atoms with van der Waals surface area (Å²) < 4.78 is 11.2. The Kier molecular flexibility index (Phi) is 6.01. The van der Waals surface area contributed by atoms with Gasteiger partial charge in [-0.1, -0.05) is 48.5 Å². The zero-order chi connectivity index (χ0) is 22.0. The lowest BCUT2D eigenvalue weighted by molar-refractivity contribution is -0.154. The van der Waals surface area contributed by atoms with Crippen LogP contribution in [-0.4, -0.2) is 54.0 Å².